The molecule has 0 unspecified atom stereocenters. The molecule has 5 heteroatoms. The summed E-state index contributed by atoms with van der Waals surface area (Å²) < 4.78 is 1.73. The van der Waals surface area contributed by atoms with Gasteiger partial charge in [0.05, 0.1) is 21.4 Å². The van der Waals surface area contributed by atoms with Gasteiger partial charge in [-0.2, -0.15) is 5.10 Å². The van der Waals surface area contributed by atoms with Crippen molar-refractivity contribution in [2.75, 3.05) is 0 Å². The van der Waals surface area contributed by atoms with Crippen molar-refractivity contribution < 1.29 is 5.11 Å². The van der Waals surface area contributed by atoms with Gasteiger partial charge in [-0.15, -0.1) is 0 Å². The Morgan fingerprint density at radius 1 is 1.11 bits per heavy atom. The van der Waals surface area contributed by atoms with Crippen molar-refractivity contribution in [2.24, 2.45) is 0 Å². The van der Waals surface area contributed by atoms with Crippen LogP contribution in [0.1, 0.15) is 24.1 Å². The Bertz CT molecular complexity index is 584. The molecule has 18 heavy (non-hydrogen) atoms. The number of aromatic hydroxyl groups is 1. The van der Waals surface area contributed by atoms with Gasteiger partial charge in [0.25, 0.3) is 0 Å². The highest BCUT2D eigenvalue weighted by molar-refractivity contribution is 6.36. The first-order chi connectivity index (χ1) is 8.65. The molecule has 0 aliphatic heterocycles. The van der Waals surface area contributed by atoms with Crippen molar-refractivity contribution in [1.29, 1.82) is 0 Å². The molecular formula is C13H12Cl2N2O. The molecule has 0 fully saturated rings. The van der Waals surface area contributed by atoms with E-state index < -0.39 is 0 Å². The summed E-state index contributed by atoms with van der Waals surface area (Å²) in [5, 5.41) is 14.9. The van der Waals surface area contributed by atoms with E-state index in [1.54, 1.807) is 10.7 Å². The number of aromatic nitrogens is 2. The summed E-state index contributed by atoms with van der Waals surface area (Å²) in [6.45, 7) is 0. The van der Waals surface area contributed by atoms with E-state index in [0.717, 1.165) is 18.5 Å². The summed E-state index contributed by atoms with van der Waals surface area (Å²) in [4.78, 5) is 0. The van der Waals surface area contributed by atoms with E-state index in [1.807, 2.05) is 6.20 Å². The summed E-state index contributed by atoms with van der Waals surface area (Å²) in [5.74, 6) is 0.0181. The van der Waals surface area contributed by atoms with Crippen LogP contribution in [0, 0.1) is 0 Å². The Hall–Kier alpha value is -1.19. The lowest BCUT2D eigenvalue weighted by Gasteiger charge is -2.07. The fourth-order valence-corrected chi connectivity index (χ4v) is 2.77. The molecular weight excluding hydrogens is 271 g/mol. The molecule has 0 atom stereocenters. The zero-order valence-corrected chi connectivity index (χ0v) is 11.2. The molecule has 0 spiro atoms. The molecule has 1 aliphatic carbocycles. The number of halogens is 2. The smallest absolute Gasteiger partial charge is 0.136 e. The molecule has 0 saturated heterocycles. The topological polar surface area (TPSA) is 38.0 Å². The maximum atomic E-state index is 9.66. The molecule has 94 valence electrons. The van der Waals surface area contributed by atoms with Crippen LogP contribution in [0.15, 0.2) is 18.3 Å². The Kier molecular flexibility index (Phi) is 2.96. The maximum Gasteiger partial charge on any atom is 0.136 e. The molecule has 1 aromatic heterocycles. The highest BCUT2D eigenvalue weighted by Gasteiger charge is 2.16. The summed E-state index contributed by atoms with van der Waals surface area (Å²) >= 11 is 12.0. The van der Waals surface area contributed by atoms with Crippen LogP contribution in [0.5, 0.6) is 5.75 Å². The molecule has 1 aliphatic rings. The monoisotopic (exact) mass is 282 g/mol. The zero-order chi connectivity index (χ0) is 12.7. The molecule has 0 bridgehead atoms. The van der Waals surface area contributed by atoms with Gasteiger partial charge in [0.1, 0.15) is 5.75 Å². The van der Waals surface area contributed by atoms with Gasteiger partial charge in [-0.3, -0.25) is 0 Å². The standard InChI is InChI=1S/C13H12Cl2N2O/c14-9-5-10(15)13(18)6-12(9)17-7-8-3-1-2-4-11(8)16-17/h5-7,18H,1-4H2. The van der Waals surface area contributed by atoms with Gasteiger partial charge in [0.2, 0.25) is 0 Å². The first-order valence-corrected chi connectivity index (χ1v) is 6.66. The number of phenols is 1. The predicted molar refractivity (Wildman–Crippen MR) is 71.9 cm³/mol. The van der Waals surface area contributed by atoms with Gasteiger partial charge in [0.15, 0.2) is 0 Å². The molecule has 1 heterocycles. The van der Waals surface area contributed by atoms with Crippen LogP contribution in [0.4, 0.5) is 0 Å². The Balaban J connectivity index is 2.09. The second-order valence-corrected chi connectivity index (χ2v) is 5.32. The summed E-state index contributed by atoms with van der Waals surface area (Å²) in [5.41, 5.74) is 3.06. The van der Waals surface area contributed by atoms with Crippen molar-refractivity contribution in [3.63, 3.8) is 0 Å². The van der Waals surface area contributed by atoms with E-state index in [0.29, 0.717) is 10.7 Å². The average molecular weight is 283 g/mol. The van der Waals surface area contributed by atoms with Crippen LogP contribution >= 0.6 is 23.2 Å². The van der Waals surface area contributed by atoms with Crippen molar-refractivity contribution in [3.8, 4) is 11.4 Å². The fourth-order valence-electron chi connectivity index (χ4n) is 2.30. The number of rotatable bonds is 1. The van der Waals surface area contributed by atoms with E-state index >= 15 is 0 Å². The van der Waals surface area contributed by atoms with Crippen LogP contribution in [-0.4, -0.2) is 14.9 Å². The first kappa shape index (κ1) is 11.9. The number of nitrogens with zero attached hydrogens (tertiary/aromatic N) is 2. The minimum Gasteiger partial charge on any atom is -0.506 e. The lowest BCUT2D eigenvalue weighted by molar-refractivity contribution is 0.475. The van der Waals surface area contributed by atoms with E-state index in [9.17, 15) is 5.11 Å². The Morgan fingerprint density at radius 3 is 2.67 bits per heavy atom. The number of hydrogen-bond acceptors (Lipinski definition) is 2. The molecule has 3 rings (SSSR count). The maximum absolute atomic E-state index is 9.66. The third-order valence-corrected chi connectivity index (χ3v) is 3.86. The van der Waals surface area contributed by atoms with Gasteiger partial charge in [0, 0.05) is 12.3 Å². The Morgan fingerprint density at radius 2 is 1.89 bits per heavy atom. The third kappa shape index (κ3) is 1.98. The molecule has 3 nitrogen and oxygen atoms in total. The highest BCUT2D eigenvalue weighted by atomic mass is 35.5. The molecule has 1 N–H and O–H groups in total. The molecule has 0 saturated carbocycles. The quantitative estimate of drug-likeness (QED) is 0.865. The van der Waals surface area contributed by atoms with Crippen molar-refractivity contribution in [3.05, 3.63) is 39.6 Å². The van der Waals surface area contributed by atoms with Gasteiger partial charge in [-0.25, -0.2) is 4.68 Å². The predicted octanol–water partition coefficient (Wildman–Crippen LogP) is 3.76. The Labute approximate surface area is 115 Å². The number of aryl methyl sites for hydroxylation is 2. The molecule has 2 aromatic rings. The van der Waals surface area contributed by atoms with Gasteiger partial charge < -0.3 is 5.11 Å². The molecule has 0 amide bonds. The number of benzene rings is 1. The van der Waals surface area contributed by atoms with Crippen molar-refractivity contribution in [2.45, 2.75) is 25.7 Å². The van der Waals surface area contributed by atoms with E-state index in [4.69, 9.17) is 23.2 Å². The summed E-state index contributed by atoms with van der Waals surface area (Å²) in [6, 6.07) is 3.08. The number of phenolic OH excluding ortho intramolecular Hbond substituents is 1. The molecule has 1 aromatic carbocycles. The number of fused-ring (bicyclic) bond motifs is 1. The lowest BCUT2D eigenvalue weighted by Crippen LogP contribution is -2.00. The van der Waals surface area contributed by atoms with Gasteiger partial charge in [-0.1, -0.05) is 23.2 Å². The van der Waals surface area contributed by atoms with Gasteiger partial charge in [-0.05, 0) is 37.3 Å². The van der Waals surface area contributed by atoms with Crippen LogP contribution in [0.25, 0.3) is 5.69 Å². The van der Waals surface area contributed by atoms with Crippen LogP contribution in [-0.2, 0) is 12.8 Å². The van der Waals surface area contributed by atoms with Gasteiger partial charge >= 0.3 is 0 Å². The second kappa shape index (κ2) is 4.48. The fraction of sp³-hybridized carbons (Fsp3) is 0.308. The van der Waals surface area contributed by atoms with Crippen LogP contribution in [0.3, 0.4) is 0 Å². The van der Waals surface area contributed by atoms with Crippen LogP contribution in [0.2, 0.25) is 10.0 Å². The van der Waals surface area contributed by atoms with E-state index in [2.05, 4.69) is 5.10 Å². The minimum absolute atomic E-state index is 0.0181. The second-order valence-electron chi connectivity index (χ2n) is 4.51. The third-order valence-electron chi connectivity index (χ3n) is 3.25. The minimum atomic E-state index is 0.0181. The zero-order valence-electron chi connectivity index (χ0n) is 9.66. The van der Waals surface area contributed by atoms with Crippen LogP contribution < -0.4 is 0 Å². The normalized spacial score (nSPS) is 14.6. The molecule has 0 radical (unpaired) electrons. The number of hydrogen-bond donors (Lipinski definition) is 1. The van der Waals surface area contributed by atoms with Crippen molar-refractivity contribution in [1.82, 2.24) is 9.78 Å². The highest BCUT2D eigenvalue weighted by Crippen LogP contribution is 2.32. The largest absolute Gasteiger partial charge is 0.506 e. The van der Waals surface area contributed by atoms with E-state index in [1.165, 1.54) is 24.5 Å². The summed E-state index contributed by atoms with van der Waals surface area (Å²) in [6.07, 6.45) is 6.46. The summed E-state index contributed by atoms with van der Waals surface area (Å²) in [7, 11) is 0. The van der Waals surface area contributed by atoms with Crippen molar-refractivity contribution >= 4 is 23.2 Å². The van der Waals surface area contributed by atoms with E-state index in [-0.39, 0.29) is 10.8 Å². The lowest BCUT2D eigenvalue weighted by atomic mass is 9.99. The SMILES string of the molecule is Oc1cc(-n2cc3c(n2)CCCC3)c(Cl)cc1Cl. The average Bonchev–Trinajstić information content (AvgIpc) is 2.77. The first-order valence-electron chi connectivity index (χ1n) is 5.91.